The zero-order valence-corrected chi connectivity index (χ0v) is 11.8. The van der Waals surface area contributed by atoms with Gasteiger partial charge >= 0.3 is 0 Å². The van der Waals surface area contributed by atoms with E-state index < -0.39 is 0 Å². The van der Waals surface area contributed by atoms with Gasteiger partial charge in [-0.3, -0.25) is 9.88 Å². The molecule has 0 aromatic carbocycles. The molecule has 3 heteroatoms. The first kappa shape index (κ1) is 13.5. The SMILES string of the molecule is CCN(Cc1ccccn1)C(C)(CN)C1(C)CC1. The van der Waals surface area contributed by atoms with E-state index in [9.17, 15) is 0 Å². The standard InChI is InChI=1S/C15H25N3/c1-4-18(11-13-7-5-6-10-17-13)15(3,12-16)14(2)8-9-14/h5-7,10H,4,8-9,11-12,16H2,1-3H3. The van der Waals surface area contributed by atoms with Crippen molar-refractivity contribution in [3.8, 4) is 0 Å². The molecule has 100 valence electrons. The molecule has 0 aliphatic heterocycles. The van der Waals surface area contributed by atoms with Crippen LogP contribution in [0.4, 0.5) is 0 Å². The Kier molecular flexibility index (Phi) is 3.74. The van der Waals surface area contributed by atoms with Gasteiger partial charge in [-0.1, -0.05) is 19.9 Å². The Morgan fingerprint density at radius 3 is 2.61 bits per heavy atom. The minimum Gasteiger partial charge on any atom is -0.329 e. The number of nitrogens with two attached hydrogens (primary N) is 1. The van der Waals surface area contributed by atoms with E-state index in [1.54, 1.807) is 0 Å². The molecule has 1 saturated carbocycles. The van der Waals surface area contributed by atoms with Gasteiger partial charge in [0.25, 0.3) is 0 Å². The third-order valence-electron chi connectivity index (χ3n) is 4.86. The van der Waals surface area contributed by atoms with Crippen LogP contribution in [0.1, 0.15) is 39.3 Å². The monoisotopic (exact) mass is 247 g/mol. The summed E-state index contributed by atoms with van der Waals surface area (Å²) in [5.41, 5.74) is 7.69. The van der Waals surface area contributed by atoms with E-state index in [2.05, 4.69) is 42.8 Å². The van der Waals surface area contributed by atoms with Gasteiger partial charge in [0, 0.05) is 24.8 Å². The lowest BCUT2D eigenvalue weighted by Gasteiger charge is -2.45. The zero-order chi connectivity index (χ0) is 13.2. The number of hydrogen-bond donors (Lipinski definition) is 1. The van der Waals surface area contributed by atoms with E-state index in [4.69, 9.17) is 5.73 Å². The maximum absolute atomic E-state index is 6.10. The molecule has 18 heavy (non-hydrogen) atoms. The van der Waals surface area contributed by atoms with E-state index in [0.29, 0.717) is 12.0 Å². The van der Waals surface area contributed by atoms with Crippen molar-refractivity contribution in [2.75, 3.05) is 13.1 Å². The first-order valence-electron chi connectivity index (χ1n) is 6.91. The average Bonchev–Trinajstić information content (AvgIpc) is 3.16. The highest BCUT2D eigenvalue weighted by Crippen LogP contribution is 2.55. The molecule has 1 aromatic heterocycles. The van der Waals surface area contributed by atoms with Gasteiger partial charge in [-0.15, -0.1) is 0 Å². The molecule has 2 N–H and O–H groups in total. The van der Waals surface area contributed by atoms with Crippen molar-refractivity contribution >= 4 is 0 Å². The second-order valence-electron chi connectivity index (χ2n) is 5.87. The van der Waals surface area contributed by atoms with Crippen LogP contribution in [0.25, 0.3) is 0 Å². The Balaban J connectivity index is 2.17. The van der Waals surface area contributed by atoms with Crippen LogP contribution >= 0.6 is 0 Å². The summed E-state index contributed by atoms with van der Waals surface area (Å²) >= 11 is 0. The van der Waals surface area contributed by atoms with Gasteiger partial charge < -0.3 is 5.73 Å². The van der Waals surface area contributed by atoms with Crippen molar-refractivity contribution in [1.29, 1.82) is 0 Å². The molecule has 1 aromatic rings. The normalized spacial score (nSPS) is 20.7. The first-order valence-corrected chi connectivity index (χ1v) is 6.91. The van der Waals surface area contributed by atoms with Crippen molar-refractivity contribution in [3.63, 3.8) is 0 Å². The quantitative estimate of drug-likeness (QED) is 0.839. The Morgan fingerprint density at radius 2 is 2.17 bits per heavy atom. The highest BCUT2D eigenvalue weighted by atomic mass is 15.2. The average molecular weight is 247 g/mol. The van der Waals surface area contributed by atoms with Crippen LogP contribution in [0.5, 0.6) is 0 Å². The fourth-order valence-corrected chi connectivity index (χ4v) is 2.81. The fourth-order valence-electron chi connectivity index (χ4n) is 2.81. The number of rotatable bonds is 6. The predicted molar refractivity (Wildman–Crippen MR) is 75.1 cm³/mol. The molecule has 0 saturated heterocycles. The molecule has 3 nitrogen and oxygen atoms in total. The summed E-state index contributed by atoms with van der Waals surface area (Å²) in [5.74, 6) is 0. The van der Waals surface area contributed by atoms with Gasteiger partial charge in [0.1, 0.15) is 0 Å². The predicted octanol–water partition coefficient (Wildman–Crippen LogP) is 2.42. The van der Waals surface area contributed by atoms with Crippen molar-refractivity contribution in [2.24, 2.45) is 11.1 Å². The van der Waals surface area contributed by atoms with Gasteiger partial charge in [0.15, 0.2) is 0 Å². The number of hydrogen-bond acceptors (Lipinski definition) is 3. The van der Waals surface area contributed by atoms with Gasteiger partial charge in [0.2, 0.25) is 0 Å². The fraction of sp³-hybridized carbons (Fsp3) is 0.667. The maximum atomic E-state index is 6.10. The topological polar surface area (TPSA) is 42.2 Å². The van der Waals surface area contributed by atoms with Gasteiger partial charge in [0.05, 0.1) is 5.69 Å². The molecule has 1 aliphatic rings. The molecule has 0 radical (unpaired) electrons. The van der Waals surface area contributed by atoms with E-state index in [-0.39, 0.29) is 5.54 Å². The van der Waals surface area contributed by atoms with E-state index >= 15 is 0 Å². The molecule has 1 fully saturated rings. The van der Waals surface area contributed by atoms with Crippen LogP contribution in [0.3, 0.4) is 0 Å². The molecule has 0 spiro atoms. The summed E-state index contributed by atoms with van der Waals surface area (Å²) in [6.07, 6.45) is 4.45. The minimum atomic E-state index is 0.0826. The Morgan fingerprint density at radius 1 is 1.44 bits per heavy atom. The lowest BCUT2D eigenvalue weighted by atomic mass is 9.82. The highest BCUT2D eigenvalue weighted by molar-refractivity contribution is 5.11. The van der Waals surface area contributed by atoms with Crippen LogP contribution in [0, 0.1) is 5.41 Å². The van der Waals surface area contributed by atoms with E-state index in [1.807, 2.05) is 12.3 Å². The Hall–Kier alpha value is -0.930. The largest absolute Gasteiger partial charge is 0.329 e. The summed E-state index contributed by atoms with van der Waals surface area (Å²) < 4.78 is 0. The van der Waals surface area contributed by atoms with Crippen molar-refractivity contribution in [3.05, 3.63) is 30.1 Å². The highest BCUT2D eigenvalue weighted by Gasteiger charge is 2.54. The zero-order valence-electron chi connectivity index (χ0n) is 11.8. The summed E-state index contributed by atoms with van der Waals surface area (Å²) in [5, 5.41) is 0. The third kappa shape index (κ3) is 2.29. The molecule has 2 rings (SSSR count). The molecule has 1 atom stereocenters. The van der Waals surface area contributed by atoms with Crippen LogP contribution in [-0.4, -0.2) is 28.5 Å². The lowest BCUT2D eigenvalue weighted by Crippen LogP contribution is -2.56. The van der Waals surface area contributed by atoms with Crippen LogP contribution in [0.2, 0.25) is 0 Å². The number of pyridine rings is 1. The Labute approximate surface area is 110 Å². The smallest absolute Gasteiger partial charge is 0.0544 e. The van der Waals surface area contributed by atoms with Crippen LogP contribution in [0.15, 0.2) is 24.4 Å². The third-order valence-corrected chi connectivity index (χ3v) is 4.86. The molecule has 0 amide bonds. The Bertz CT molecular complexity index is 386. The van der Waals surface area contributed by atoms with Gasteiger partial charge in [-0.05, 0) is 43.9 Å². The maximum Gasteiger partial charge on any atom is 0.0544 e. The summed E-state index contributed by atoms with van der Waals surface area (Å²) in [6, 6.07) is 6.10. The first-order chi connectivity index (χ1) is 8.55. The van der Waals surface area contributed by atoms with Gasteiger partial charge in [-0.2, -0.15) is 0 Å². The van der Waals surface area contributed by atoms with Crippen molar-refractivity contribution in [2.45, 2.75) is 45.7 Å². The second kappa shape index (κ2) is 4.98. The van der Waals surface area contributed by atoms with Crippen molar-refractivity contribution < 1.29 is 0 Å². The lowest BCUT2D eigenvalue weighted by molar-refractivity contribution is 0.0440. The number of nitrogens with zero attached hydrogens (tertiary/aromatic N) is 2. The second-order valence-corrected chi connectivity index (χ2v) is 5.87. The summed E-state index contributed by atoms with van der Waals surface area (Å²) in [6.45, 7) is 9.50. The molecular weight excluding hydrogens is 222 g/mol. The van der Waals surface area contributed by atoms with Crippen LogP contribution in [-0.2, 0) is 6.54 Å². The molecule has 1 aliphatic carbocycles. The van der Waals surface area contributed by atoms with Crippen LogP contribution < -0.4 is 5.73 Å². The molecule has 1 heterocycles. The van der Waals surface area contributed by atoms with E-state index in [1.165, 1.54) is 12.8 Å². The minimum absolute atomic E-state index is 0.0826. The number of aromatic nitrogens is 1. The molecule has 1 unspecified atom stereocenters. The summed E-state index contributed by atoms with van der Waals surface area (Å²) in [7, 11) is 0. The molecular formula is C15H25N3. The summed E-state index contributed by atoms with van der Waals surface area (Å²) in [4.78, 5) is 6.92. The number of likely N-dealkylation sites (N-methyl/N-ethyl adjacent to an activating group) is 1. The molecule has 0 bridgehead atoms. The van der Waals surface area contributed by atoms with Gasteiger partial charge in [-0.25, -0.2) is 0 Å². The van der Waals surface area contributed by atoms with E-state index in [0.717, 1.165) is 18.8 Å². The van der Waals surface area contributed by atoms with Crippen molar-refractivity contribution in [1.82, 2.24) is 9.88 Å².